The van der Waals surface area contributed by atoms with Gasteiger partial charge < -0.3 is 4.74 Å². The first-order valence-corrected chi connectivity index (χ1v) is 5.94. The Morgan fingerprint density at radius 3 is 2.94 bits per heavy atom. The first-order chi connectivity index (χ1) is 7.70. The predicted octanol–water partition coefficient (Wildman–Crippen LogP) is 1.81. The molecule has 0 amide bonds. The molecular formula is C11H13BrN2O2. The van der Waals surface area contributed by atoms with E-state index in [0.717, 1.165) is 22.9 Å². The quantitative estimate of drug-likeness (QED) is 0.857. The lowest BCUT2D eigenvalue weighted by Crippen LogP contribution is -2.31. The van der Waals surface area contributed by atoms with E-state index >= 15 is 0 Å². The van der Waals surface area contributed by atoms with Crippen molar-refractivity contribution in [3.63, 3.8) is 0 Å². The molecule has 4 nitrogen and oxygen atoms in total. The van der Waals surface area contributed by atoms with Gasteiger partial charge in [-0.3, -0.25) is 10.3 Å². The summed E-state index contributed by atoms with van der Waals surface area (Å²) in [4.78, 5) is 15.7. The second-order valence-corrected chi connectivity index (χ2v) is 4.75. The number of nitrogens with one attached hydrogen (secondary N) is 1. The van der Waals surface area contributed by atoms with Gasteiger partial charge in [-0.25, -0.2) is 4.79 Å². The smallest absolute Gasteiger partial charge is 0.327 e. The van der Waals surface area contributed by atoms with Gasteiger partial charge in [0, 0.05) is 22.9 Å². The molecule has 1 saturated carbocycles. The molecule has 1 aromatic heterocycles. The molecule has 0 bridgehead atoms. The van der Waals surface area contributed by atoms with Crippen molar-refractivity contribution in [3.8, 4) is 0 Å². The fraction of sp³-hybridized carbons (Fsp3) is 0.455. The molecule has 1 heterocycles. The van der Waals surface area contributed by atoms with Gasteiger partial charge in [0.05, 0.1) is 7.11 Å². The van der Waals surface area contributed by atoms with Gasteiger partial charge >= 0.3 is 5.97 Å². The van der Waals surface area contributed by atoms with Crippen LogP contribution in [0.5, 0.6) is 0 Å². The summed E-state index contributed by atoms with van der Waals surface area (Å²) in [5.74, 6) is -0.271. The normalized spacial score (nSPS) is 16.9. The van der Waals surface area contributed by atoms with Crippen molar-refractivity contribution < 1.29 is 9.53 Å². The minimum atomic E-state index is -0.414. The number of aromatic nitrogens is 1. The maximum absolute atomic E-state index is 11.7. The van der Waals surface area contributed by atoms with Crippen LogP contribution in [-0.4, -0.2) is 24.1 Å². The second kappa shape index (κ2) is 4.93. The lowest BCUT2D eigenvalue weighted by atomic mass is 10.1. The molecule has 5 heteroatoms. The van der Waals surface area contributed by atoms with E-state index in [9.17, 15) is 4.79 Å². The lowest BCUT2D eigenvalue weighted by Gasteiger charge is -2.16. The van der Waals surface area contributed by atoms with Crippen LogP contribution >= 0.6 is 15.9 Å². The number of halogens is 1. The highest BCUT2D eigenvalue weighted by molar-refractivity contribution is 9.10. The molecule has 86 valence electrons. The number of ether oxygens (including phenoxy) is 1. The van der Waals surface area contributed by atoms with Crippen LogP contribution in [0.4, 0.5) is 0 Å². The minimum Gasteiger partial charge on any atom is -0.468 e. The topological polar surface area (TPSA) is 51.2 Å². The van der Waals surface area contributed by atoms with Crippen LogP contribution in [0.1, 0.15) is 24.4 Å². The molecule has 0 radical (unpaired) electrons. The van der Waals surface area contributed by atoms with Gasteiger partial charge in [-0.1, -0.05) is 0 Å². The molecule has 1 aliphatic rings. The zero-order valence-corrected chi connectivity index (χ0v) is 10.5. The molecule has 1 atom stereocenters. The van der Waals surface area contributed by atoms with E-state index in [2.05, 4.69) is 26.2 Å². The van der Waals surface area contributed by atoms with E-state index in [0.29, 0.717) is 6.04 Å². The molecular weight excluding hydrogens is 272 g/mol. The SMILES string of the molecule is COC(=O)C(NC1CC1)c1cncc(Br)c1. The third kappa shape index (κ3) is 2.80. The maximum atomic E-state index is 11.7. The zero-order chi connectivity index (χ0) is 11.5. The Bertz CT molecular complexity index is 393. The summed E-state index contributed by atoms with van der Waals surface area (Å²) in [7, 11) is 1.40. The summed E-state index contributed by atoms with van der Waals surface area (Å²) < 4.78 is 5.65. The molecule has 0 aromatic carbocycles. The molecule has 1 aromatic rings. The fourth-order valence-corrected chi connectivity index (χ4v) is 1.87. The number of methoxy groups -OCH3 is 1. The molecule has 1 unspecified atom stereocenters. The van der Waals surface area contributed by atoms with Gasteiger partial charge in [-0.05, 0) is 40.4 Å². The van der Waals surface area contributed by atoms with E-state index in [1.54, 1.807) is 12.4 Å². The zero-order valence-electron chi connectivity index (χ0n) is 8.94. The van der Waals surface area contributed by atoms with Crippen molar-refractivity contribution in [2.75, 3.05) is 7.11 Å². The number of carbonyl (C=O) groups is 1. The van der Waals surface area contributed by atoms with Crippen LogP contribution in [0.25, 0.3) is 0 Å². The van der Waals surface area contributed by atoms with Gasteiger partial charge in [0.25, 0.3) is 0 Å². The Kier molecular flexibility index (Phi) is 3.56. The molecule has 0 saturated heterocycles. The fourth-order valence-electron chi connectivity index (χ4n) is 1.49. The Hall–Kier alpha value is -0.940. The number of carbonyl (C=O) groups excluding carboxylic acids is 1. The summed E-state index contributed by atoms with van der Waals surface area (Å²) in [6.07, 6.45) is 5.61. The highest BCUT2D eigenvalue weighted by atomic mass is 79.9. The Labute approximate surface area is 103 Å². The average Bonchev–Trinajstić information content (AvgIpc) is 3.08. The van der Waals surface area contributed by atoms with Crippen molar-refractivity contribution >= 4 is 21.9 Å². The monoisotopic (exact) mass is 284 g/mol. The molecule has 1 fully saturated rings. The molecule has 16 heavy (non-hydrogen) atoms. The number of nitrogens with zero attached hydrogens (tertiary/aromatic N) is 1. The number of pyridine rings is 1. The molecule has 1 aliphatic carbocycles. The van der Waals surface area contributed by atoms with Crippen molar-refractivity contribution in [1.29, 1.82) is 0 Å². The first kappa shape index (κ1) is 11.5. The number of hydrogen-bond acceptors (Lipinski definition) is 4. The third-order valence-corrected chi connectivity index (χ3v) is 2.91. The second-order valence-electron chi connectivity index (χ2n) is 3.83. The summed E-state index contributed by atoms with van der Waals surface area (Å²) in [6, 6.07) is 1.90. The molecule has 0 aliphatic heterocycles. The van der Waals surface area contributed by atoms with Crippen LogP contribution in [0.2, 0.25) is 0 Å². The van der Waals surface area contributed by atoms with E-state index < -0.39 is 6.04 Å². The summed E-state index contributed by atoms with van der Waals surface area (Å²) >= 11 is 3.34. The molecule has 0 spiro atoms. The van der Waals surface area contributed by atoms with E-state index in [1.807, 2.05) is 6.07 Å². The number of hydrogen-bond donors (Lipinski definition) is 1. The minimum absolute atomic E-state index is 0.271. The van der Waals surface area contributed by atoms with Crippen LogP contribution < -0.4 is 5.32 Å². The highest BCUT2D eigenvalue weighted by Gasteiger charge is 2.30. The van der Waals surface area contributed by atoms with Crippen molar-refractivity contribution in [3.05, 3.63) is 28.5 Å². The van der Waals surface area contributed by atoms with Crippen molar-refractivity contribution in [2.45, 2.75) is 24.9 Å². The van der Waals surface area contributed by atoms with Gasteiger partial charge in [0.2, 0.25) is 0 Å². The van der Waals surface area contributed by atoms with Gasteiger partial charge in [-0.15, -0.1) is 0 Å². The Morgan fingerprint density at radius 2 is 2.38 bits per heavy atom. The average molecular weight is 285 g/mol. The largest absolute Gasteiger partial charge is 0.468 e. The number of rotatable bonds is 4. The molecule has 2 rings (SSSR count). The third-order valence-electron chi connectivity index (χ3n) is 2.48. The Balaban J connectivity index is 2.19. The van der Waals surface area contributed by atoms with E-state index in [1.165, 1.54) is 7.11 Å². The summed E-state index contributed by atoms with van der Waals surface area (Å²) in [6.45, 7) is 0. The molecule has 1 N–H and O–H groups in total. The van der Waals surface area contributed by atoms with Crippen LogP contribution in [-0.2, 0) is 9.53 Å². The standard InChI is InChI=1S/C11H13BrN2O2/c1-16-11(15)10(14-9-2-3-9)7-4-8(12)6-13-5-7/h4-6,9-10,14H,2-3H2,1H3. The predicted molar refractivity (Wildman–Crippen MR) is 62.9 cm³/mol. The number of esters is 1. The van der Waals surface area contributed by atoms with Crippen LogP contribution in [0.3, 0.4) is 0 Å². The Morgan fingerprint density at radius 1 is 1.62 bits per heavy atom. The van der Waals surface area contributed by atoms with Gasteiger partial charge in [-0.2, -0.15) is 0 Å². The maximum Gasteiger partial charge on any atom is 0.327 e. The van der Waals surface area contributed by atoms with E-state index in [4.69, 9.17) is 4.74 Å². The summed E-state index contributed by atoms with van der Waals surface area (Å²) in [5, 5.41) is 3.25. The van der Waals surface area contributed by atoms with Crippen LogP contribution in [0.15, 0.2) is 22.9 Å². The van der Waals surface area contributed by atoms with Gasteiger partial charge in [0.15, 0.2) is 0 Å². The first-order valence-electron chi connectivity index (χ1n) is 5.15. The lowest BCUT2D eigenvalue weighted by molar-refractivity contribution is -0.143. The van der Waals surface area contributed by atoms with E-state index in [-0.39, 0.29) is 5.97 Å². The highest BCUT2D eigenvalue weighted by Crippen LogP contribution is 2.25. The summed E-state index contributed by atoms with van der Waals surface area (Å²) in [5.41, 5.74) is 0.827. The van der Waals surface area contributed by atoms with Crippen molar-refractivity contribution in [2.24, 2.45) is 0 Å². The van der Waals surface area contributed by atoms with Crippen LogP contribution in [0, 0.1) is 0 Å². The van der Waals surface area contributed by atoms with Gasteiger partial charge in [0.1, 0.15) is 6.04 Å². The van der Waals surface area contributed by atoms with Crippen molar-refractivity contribution in [1.82, 2.24) is 10.3 Å².